The fraction of sp³-hybridized carbons (Fsp3) is 0.484. The number of urea groups is 1. The van der Waals surface area contributed by atoms with Crippen molar-refractivity contribution in [1.82, 2.24) is 19.8 Å². The number of nitrogens with zero attached hydrogens (tertiary/aromatic N) is 6. The maximum atomic E-state index is 13.8. The van der Waals surface area contributed by atoms with E-state index >= 15 is 0 Å². The molecule has 3 amide bonds. The zero-order chi connectivity index (χ0) is 35.9. The molecule has 0 spiro atoms. The summed E-state index contributed by atoms with van der Waals surface area (Å²) < 4.78 is 10.1. The third-order valence-corrected chi connectivity index (χ3v) is 10.3. The van der Waals surface area contributed by atoms with Crippen molar-refractivity contribution >= 4 is 77.9 Å². The monoisotopic (exact) mass is 709 g/mol. The van der Waals surface area contributed by atoms with Crippen molar-refractivity contribution in [2.45, 2.75) is 75.5 Å². The molecular weight excluding hydrogens is 673 g/mol. The SMILES string of the molecule is [B]OC(=O)[C@@]1(N2C(=O)N(/N=C/c3ccccc3)C[C@@H]2C)CN2C(=O)C(CC(=O)/C(=N\OC(C)(C)C(=O)OC(C)(C)C)c3csc(N)n3)[C@H]2S1. The summed E-state index contributed by atoms with van der Waals surface area (Å²) in [5.41, 5.74) is 4.08. The second-order valence-electron chi connectivity index (χ2n) is 13.3. The lowest BCUT2D eigenvalue weighted by Crippen LogP contribution is -2.60. The van der Waals surface area contributed by atoms with Crippen LogP contribution in [0.5, 0.6) is 0 Å². The molecule has 1 unspecified atom stereocenters. The number of amides is 3. The molecule has 15 nitrogen and oxygen atoms in total. The maximum Gasteiger partial charge on any atom is 0.378 e. The van der Waals surface area contributed by atoms with Crippen molar-refractivity contribution in [3.63, 3.8) is 0 Å². The van der Waals surface area contributed by atoms with Crippen LogP contribution in [0.3, 0.4) is 0 Å². The Morgan fingerprint density at radius 3 is 2.47 bits per heavy atom. The molecule has 258 valence electrons. The zero-order valence-corrected chi connectivity index (χ0v) is 29.4. The first-order valence-corrected chi connectivity index (χ1v) is 17.1. The van der Waals surface area contributed by atoms with Crippen LogP contribution in [-0.4, -0.2) is 110 Å². The van der Waals surface area contributed by atoms with E-state index in [0.29, 0.717) is 0 Å². The van der Waals surface area contributed by atoms with Crippen LogP contribution in [0.2, 0.25) is 0 Å². The Hall–Kier alpha value is -4.45. The molecule has 0 bridgehead atoms. The number of carbonyl (C=O) groups excluding carboxylic acids is 5. The summed E-state index contributed by atoms with van der Waals surface area (Å²) in [6.45, 7) is 9.70. The van der Waals surface area contributed by atoms with Gasteiger partial charge in [0, 0.05) is 11.8 Å². The van der Waals surface area contributed by atoms with Crippen LogP contribution < -0.4 is 5.73 Å². The molecule has 3 fully saturated rings. The molecule has 4 heterocycles. The van der Waals surface area contributed by atoms with E-state index in [2.05, 4.69) is 15.2 Å². The molecule has 18 heteroatoms. The summed E-state index contributed by atoms with van der Waals surface area (Å²) in [5, 5.41) is 10.6. The van der Waals surface area contributed by atoms with E-state index in [0.717, 1.165) is 28.7 Å². The molecule has 1 aromatic carbocycles. The van der Waals surface area contributed by atoms with Gasteiger partial charge in [-0.1, -0.05) is 47.2 Å². The maximum absolute atomic E-state index is 13.8. The third kappa shape index (κ3) is 7.15. The van der Waals surface area contributed by atoms with Gasteiger partial charge in [0.1, 0.15) is 11.3 Å². The number of β-lactam (4-membered cyclic amide) rings is 1. The lowest BCUT2D eigenvalue weighted by Gasteiger charge is -2.40. The van der Waals surface area contributed by atoms with Crippen LogP contribution in [0.15, 0.2) is 46.0 Å². The van der Waals surface area contributed by atoms with Gasteiger partial charge in [-0.05, 0) is 47.1 Å². The number of rotatable bonds is 11. The summed E-state index contributed by atoms with van der Waals surface area (Å²) in [5.74, 6) is -3.56. The van der Waals surface area contributed by atoms with Gasteiger partial charge >= 0.3 is 26.0 Å². The number of ether oxygens (including phenoxy) is 1. The predicted molar refractivity (Wildman–Crippen MR) is 182 cm³/mol. The normalized spacial score (nSPS) is 24.2. The second-order valence-corrected chi connectivity index (χ2v) is 15.5. The molecule has 2 aromatic rings. The van der Waals surface area contributed by atoms with Gasteiger partial charge in [-0.25, -0.2) is 19.6 Å². The van der Waals surface area contributed by atoms with E-state index in [1.807, 2.05) is 30.3 Å². The number of fused-ring (bicyclic) bond motifs is 1. The second kappa shape index (κ2) is 13.5. The highest BCUT2D eigenvalue weighted by Gasteiger charge is 2.67. The number of aromatic nitrogens is 1. The van der Waals surface area contributed by atoms with Crippen molar-refractivity contribution in [3.05, 3.63) is 47.0 Å². The summed E-state index contributed by atoms with van der Waals surface area (Å²) in [6, 6.07) is 8.11. The fourth-order valence-electron chi connectivity index (χ4n) is 5.54. The van der Waals surface area contributed by atoms with E-state index in [4.69, 9.17) is 28.0 Å². The number of Topliss-reactive ketones (excluding diaryl/α,β-unsaturated/α-hetero) is 1. The molecule has 3 saturated heterocycles. The first-order chi connectivity index (χ1) is 23.0. The summed E-state index contributed by atoms with van der Waals surface area (Å²) in [7, 11) is 5.38. The lowest BCUT2D eigenvalue weighted by atomic mass is 9.90. The Bertz CT molecular complexity index is 1710. The van der Waals surface area contributed by atoms with Gasteiger partial charge in [-0.15, -0.1) is 11.3 Å². The number of ketones is 1. The van der Waals surface area contributed by atoms with Crippen LogP contribution in [0.4, 0.5) is 9.93 Å². The Kier molecular flexibility index (Phi) is 9.85. The van der Waals surface area contributed by atoms with Crippen molar-refractivity contribution in [1.29, 1.82) is 0 Å². The first-order valence-electron chi connectivity index (χ1n) is 15.3. The number of benzene rings is 1. The summed E-state index contributed by atoms with van der Waals surface area (Å²) in [6.07, 6.45) is 1.19. The fourth-order valence-corrected chi connectivity index (χ4v) is 7.90. The number of thioether (sulfide) groups is 1. The third-order valence-electron chi connectivity index (χ3n) is 7.91. The first kappa shape index (κ1) is 35.9. The van der Waals surface area contributed by atoms with Crippen LogP contribution >= 0.6 is 23.1 Å². The molecule has 3 aliphatic rings. The Balaban J connectivity index is 1.36. The molecule has 0 saturated carbocycles. The van der Waals surface area contributed by atoms with E-state index in [-0.39, 0.29) is 36.0 Å². The van der Waals surface area contributed by atoms with Gasteiger partial charge in [0.15, 0.2) is 16.6 Å². The number of nitrogens with two attached hydrogens (primary N) is 1. The molecular formula is C31H36BN7O8S2. The molecule has 49 heavy (non-hydrogen) atoms. The number of nitrogen functional groups attached to an aromatic ring is 1. The average Bonchev–Trinajstić information content (AvgIpc) is 3.71. The molecule has 1 aromatic heterocycles. The quantitative estimate of drug-likeness (QED) is 0.119. The van der Waals surface area contributed by atoms with Gasteiger partial charge in [-0.2, -0.15) is 5.10 Å². The molecule has 3 aliphatic heterocycles. The predicted octanol–water partition coefficient (Wildman–Crippen LogP) is 2.54. The highest BCUT2D eigenvalue weighted by Crippen LogP contribution is 2.54. The Morgan fingerprint density at radius 1 is 1.16 bits per heavy atom. The van der Waals surface area contributed by atoms with Crippen molar-refractivity contribution in [2.24, 2.45) is 16.2 Å². The minimum absolute atomic E-state index is 0.101. The van der Waals surface area contributed by atoms with Crippen LogP contribution in [0.25, 0.3) is 0 Å². The largest absolute Gasteiger partial charge is 0.541 e. The van der Waals surface area contributed by atoms with E-state index in [1.54, 1.807) is 27.7 Å². The number of hydrogen-bond donors (Lipinski definition) is 1. The minimum Gasteiger partial charge on any atom is -0.541 e. The number of hydrogen-bond acceptors (Lipinski definition) is 14. The van der Waals surface area contributed by atoms with E-state index in [1.165, 1.54) is 40.3 Å². The number of carbonyl (C=O) groups is 5. The summed E-state index contributed by atoms with van der Waals surface area (Å²) >= 11 is 2.08. The zero-order valence-electron chi connectivity index (χ0n) is 27.8. The smallest absolute Gasteiger partial charge is 0.378 e. The topological polar surface area (TPSA) is 186 Å². The van der Waals surface area contributed by atoms with Gasteiger partial charge in [0.05, 0.1) is 36.6 Å². The van der Waals surface area contributed by atoms with E-state index < -0.39 is 63.1 Å². The molecule has 2 N–H and O–H groups in total. The average molecular weight is 710 g/mol. The van der Waals surface area contributed by atoms with Crippen molar-refractivity contribution in [2.75, 3.05) is 18.8 Å². The Morgan fingerprint density at radius 2 is 1.86 bits per heavy atom. The number of thiazole rings is 1. The highest BCUT2D eigenvalue weighted by molar-refractivity contribution is 8.02. The number of anilines is 1. The van der Waals surface area contributed by atoms with Crippen LogP contribution in [0.1, 0.15) is 59.2 Å². The van der Waals surface area contributed by atoms with Crippen molar-refractivity contribution in [3.8, 4) is 0 Å². The van der Waals surface area contributed by atoms with Crippen LogP contribution in [-0.2, 0) is 33.4 Å². The van der Waals surface area contributed by atoms with Crippen molar-refractivity contribution < 1.29 is 38.2 Å². The van der Waals surface area contributed by atoms with Crippen LogP contribution in [0, 0.1) is 5.92 Å². The minimum atomic E-state index is -1.69. The van der Waals surface area contributed by atoms with Gasteiger partial charge in [-0.3, -0.25) is 19.3 Å². The van der Waals surface area contributed by atoms with Gasteiger partial charge in [0.2, 0.25) is 16.4 Å². The lowest BCUT2D eigenvalue weighted by molar-refractivity contribution is -0.179. The highest BCUT2D eigenvalue weighted by atomic mass is 32.2. The van der Waals surface area contributed by atoms with E-state index in [9.17, 15) is 24.0 Å². The molecule has 0 aliphatic carbocycles. The number of hydrazone groups is 1. The molecule has 5 rings (SSSR count). The Labute approximate surface area is 292 Å². The standard InChI is InChI=1S/C31H36BN7O8S2/c1-17-14-38(34-13-18-10-8-7-9-11-18)28(44)39(17)31(26(43)46-32)16-37-23(41)19(24(37)49-31)12-21(40)22(20-15-48-27(33)35-20)36-47-30(5,6)25(42)45-29(2,3)4/h7-11,13,15,17,19,24H,12,14,16H2,1-6H3,(H2,33,35)/b34-13+,36-22-/t17-,19?,24+,31+/m0/s1. The summed E-state index contributed by atoms with van der Waals surface area (Å²) in [4.78, 5) is 77.8. The molecule has 4 atom stereocenters. The van der Waals surface area contributed by atoms with Gasteiger partial charge < -0.3 is 24.9 Å². The molecule has 2 radical (unpaired) electrons. The van der Waals surface area contributed by atoms with Gasteiger partial charge in [0.25, 0.3) is 0 Å². The number of oxime groups is 1. The number of esters is 1.